The van der Waals surface area contributed by atoms with Crippen LogP contribution in [0.1, 0.15) is 57.1 Å². The van der Waals surface area contributed by atoms with Crippen molar-refractivity contribution in [1.82, 2.24) is 0 Å². The fraction of sp³-hybridized carbons (Fsp3) is 0.259. The molecule has 4 rings (SSSR count). The molecule has 0 aliphatic heterocycles. The Morgan fingerprint density at radius 3 is 1.23 bits per heavy atom. The normalized spacial score (nSPS) is 9.60. The third-order valence-electron chi connectivity index (χ3n) is 4.61. The quantitative estimate of drug-likeness (QED) is 0.157. The molecular formula is C27H34Cl2Hf. The Kier molecular flexibility index (Phi) is 16.5. The van der Waals surface area contributed by atoms with Crippen LogP contribution in [0.2, 0.25) is 0 Å². The van der Waals surface area contributed by atoms with Gasteiger partial charge in [-0.05, 0) is 11.8 Å². The fourth-order valence-electron chi connectivity index (χ4n) is 3.02. The number of hydrogen-bond acceptors (Lipinski definition) is 0. The fourth-order valence-corrected chi connectivity index (χ4v) is 3.02. The average molecular weight is 608 g/mol. The second-order valence-corrected chi connectivity index (χ2v) is 7.50. The molecule has 0 saturated heterocycles. The van der Waals surface area contributed by atoms with Crippen molar-refractivity contribution in [3.63, 3.8) is 0 Å². The van der Waals surface area contributed by atoms with Crippen LogP contribution in [0.3, 0.4) is 0 Å². The van der Waals surface area contributed by atoms with Gasteiger partial charge in [0.2, 0.25) is 0 Å². The molecule has 0 amide bonds. The molecule has 0 fully saturated rings. The second kappa shape index (κ2) is 15.8. The summed E-state index contributed by atoms with van der Waals surface area (Å²) in [6.07, 6.45) is 0.750. The van der Waals surface area contributed by atoms with Crippen LogP contribution in [0.4, 0.5) is 0 Å². The van der Waals surface area contributed by atoms with E-state index in [1.54, 1.807) is 0 Å². The molecule has 0 nitrogen and oxygen atoms in total. The molecule has 0 N–H and O–H groups in total. The van der Waals surface area contributed by atoms with E-state index >= 15 is 0 Å². The first-order chi connectivity index (χ1) is 13.0. The summed E-state index contributed by atoms with van der Waals surface area (Å²) in [7, 11) is 0. The topological polar surface area (TPSA) is 0 Å². The summed E-state index contributed by atoms with van der Waals surface area (Å²) in [4.78, 5) is 0. The van der Waals surface area contributed by atoms with Crippen molar-refractivity contribution >= 4 is 46.4 Å². The molecule has 0 atom stereocenters. The molecule has 30 heavy (non-hydrogen) atoms. The first kappa shape index (κ1) is 31.3. The molecule has 0 heterocycles. The van der Waals surface area contributed by atoms with Crippen molar-refractivity contribution in [2.45, 2.75) is 46.0 Å². The molecule has 0 saturated carbocycles. The second-order valence-electron chi connectivity index (χ2n) is 7.50. The van der Waals surface area contributed by atoms with Gasteiger partial charge < -0.3 is 20.3 Å². The minimum Gasteiger partial charge on any atom is -0.372 e. The summed E-state index contributed by atoms with van der Waals surface area (Å²) in [5, 5.41) is 5.45. The molecule has 0 bridgehead atoms. The van der Waals surface area contributed by atoms with Crippen LogP contribution >= 0.6 is 24.8 Å². The van der Waals surface area contributed by atoms with Gasteiger partial charge >= 0.3 is 25.8 Å². The SMILES string of the molecule is CC(C)c1cc2ccccc2[cH-]1.CC(C)c1cc2ccccc2[cH-]1.Cl.Cl.[CH2-]C[CH2-].[Hf+4]. The van der Waals surface area contributed by atoms with Crippen LogP contribution < -0.4 is 0 Å². The van der Waals surface area contributed by atoms with E-state index in [2.05, 4.69) is 114 Å². The van der Waals surface area contributed by atoms with Crippen LogP contribution in [0, 0.1) is 13.8 Å². The predicted octanol–water partition coefficient (Wildman–Crippen LogP) is 9.25. The van der Waals surface area contributed by atoms with E-state index in [1.807, 2.05) is 0 Å². The van der Waals surface area contributed by atoms with E-state index in [0.29, 0.717) is 11.8 Å². The van der Waals surface area contributed by atoms with Gasteiger partial charge in [0, 0.05) is 0 Å². The monoisotopic (exact) mass is 608 g/mol. The Morgan fingerprint density at radius 1 is 0.667 bits per heavy atom. The van der Waals surface area contributed by atoms with Crippen LogP contribution in [-0.2, 0) is 25.8 Å². The van der Waals surface area contributed by atoms with Gasteiger partial charge in [-0.15, -0.1) is 106 Å². The number of rotatable bonds is 2. The minimum atomic E-state index is 0. The molecule has 0 aliphatic carbocycles. The predicted molar refractivity (Wildman–Crippen MR) is 137 cm³/mol. The number of halogens is 2. The summed E-state index contributed by atoms with van der Waals surface area (Å²) in [6, 6.07) is 26.1. The van der Waals surface area contributed by atoms with Gasteiger partial charge in [-0.3, -0.25) is 0 Å². The van der Waals surface area contributed by atoms with Crippen molar-refractivity contribution in [2.75, 3.05) is 0 Å². The average Bonchev–Trinajstić information content (AvgIpc) is 3.27. The van der Waals surface area contributed by atoms with Crippen molar-refractivity contribution in [3.05, 3.63) is 97.8 Å². The zero-order valence-electron chi connectivity index (χ0n) is 18.5. The maximum Gasteiger partial charge on any atom is 4.00 e. The van der Waals surface area contributed by atoms with E-state index in [0.717, 1.165) is 6.42 Å². The maximum absolute atomic E-state index is 3.38. The van der Waals surface area contributed by atoms with Crippen LogP contribution in [0.25, 0.3) is 21.5 Å². The van der Waals surface area contributed by atoms with E-state index in [1.165, 1.54) is 32.7 Å². The van der Waals surface area contributed by atoms with E-state index in [9.17, 15) is 0 Å². The molecule has 3 heteroatoms. The first-order valence-electron chi connectivity index (χ1n) is 9.85. The Bertz CT molecular complexity index is 803. The summed E-state index contributed by atoms with van der Waals surface area (Å²) in [5.41, 5.74) is 2.88. The maximum atomic E-state index is 3.38. The third-order valence-corrected chi connectivity index (χ3v) is 4.61. The third kappa shape index (κ3) is 9.08. The summed E-state index contributed by atoms with van der Waals surface area (Å²) in [6.45, 7) is 15.7. The first-order valence-corrected chi connectivity index (χ1v) is 9.85. The standard InChI is InChI=1S/2C12H13.C3H6.2ClH.Hf/c2*1-9(2)12-7-10-5-3-4-6-11(10)8-12;1-3-2;;;/h2*3-9H,1-2H3;1-3H2;2*1H;/q2*-1;-2;;;+4. The molecule has 0 aromatic heterocycles. The van der Waals surface area contributed by atoms with Gasteiger partial charge in [0.15, 0.2) is 0 Å². The number of fused-ring (bicyclic) bond motifs is 2. The molecular weight excluding hydrogens is 574 g/mol. The van der Waals surface area contributed by atoms with Gasteiger partial charge in [0.25, 0.3) is 0 Å². The van der Waals surface area contributed by atoms with Gasteiger partial charge in [-0.1, -0.05) is 39.8 Å². The molecule has 0 unspecified atom stereocenters. The van der Waals surface area contributed by atoms with Crippen LogP contribution in [0.5, 0.6) is 0 Å². The molecule has 4 aromatic carbocycles. The van der Waals surface area contributed by atoms with Crippen molar-refractivity contribution in [2.24, 2.45) is 0 Å². The molecule has 4 aromatic rings. The number of hydrogen-bond donors (Lipinski definition) is 0. The largest absolute Gasteiger partial charge is 4.00 e. The van der Waals surface area contributed by atoms with E-state index in [4.69, 9.17) is 0 Å². The van der Waals surface area contributed by atoms with E-state index in [-0.39, 0.29) is 50.7 Å². The zero-order valence-corrected chi connectivity index (χ0v) is 23.7. The van der Waals surface area contributed by atoms with Crippen molar-refractivity contribution in [1.29, 1.82) is 0 Å². The molecule has 0 radical (unpaired) electrons. The summed E-state index contributed by atoms with van der Waals surface area (Å²) >= 11 is 0. The Labute approximate surface area is 214 Å². The summed E-state index contributed by atoms with van der Waals surface area (Å²) < 4.78 is 0. The van der Waals surface area contributed by atoms with Gasteiger partial charge in [-0.2, -0.15) is 12.1 Å². The van der Waals surface area contributed by atoms with Crippen LogP contribution in [-0.4, -0.2) is 0 Å². The zero-order chi connectivity index (χ0) is 19.8. The Hall–Kier alpha value is -0.890. The summed E-state index contributed by atoms with van der Waals surface area (Å²) in [5.74, 6) is 1.27. The van der Waals surface area contributed by atoms with Crippen molar-refractivity contribution in [3.8, 4) is 0 Å². The Balaban J connectivity index is 0. The van der Waals surface area contributed by atoms with E-state index < -0.39 is 0 Å². The molecule has 160 valence electrons. The minimum absolute atomic E-state index is 0. The Morgan fingerprint density at radius 2 is 0.967 bits per heavy atom. The van der Waals surface area contributed by atoms with Gasteiger partial charge in [0.1, 0.15) is 0 Å². The molecule has 0 aliphatic rings. The van der Waals surface area contributed by atoms with Crippen molar-refractivity contribution < 1.29 is 25.8 Å². The van der Waals surface area contributed by atoms with Gasteiger partial charge in [-0.25, -0.2) is 0 Å². The van der Waals surface area contributed by atoms with Gasteiger partial charge in [0.05, 0.1) is 0 Å². The smallest absolute Gasteiger partial charge is 0.372 e. The van der Waals surface area contributed by atoms with Crippen LogP contribution in [0.15, 0.2) is 72.8 Å². The molecule has 0 spiro atoms. The number of benzene rings is 2.